The van der Waals surface area contributed by atoms with Crippen LogP contribution in [-0.4, -0.2) is 27.8 Å². The Balaban J connectivity index is 1.65. The Morgan fingerprint density at radius 2 is 1.89 bits per heavy atom. The number of carboxylic acids is 1. The zero-order valence-electron chi connectivity index (χ0n) is 13.7. The van der Waals surface area contributed by atoms with Gasteiger partial charge in [-0.15, -0.1) is 0 Å². The van der Waals surface area contributed by atoms with E-state index in [2.05, 4.69) is 4.98 Å². The predicted octanol–water partition coefficient (Wildman–Crippen LogP) is 3.15. The third-order valence-electron chi connectivity index (χ3n) is 4.04. The first-order valence-corrected chi connectivity index (χ1v) is 7.85. The summed E-state index contributed by atoms with van der Waals surface area (Å²) in [6.45, 7) is -0.00260. The van der Waals surface area contributed by atoms with Crippen LogP contribution in [0.1, 0.15) is 16.1 Å². The Labute approximate surface area is 151 Å². The van der Waals surface area contributed by atoms with Gasteiger partial charge in [0.25, 0.3) is 5.69 Å². The van der Waals surface area contributed by atoms with Crippen LogP contribution in [0.25, 0.3) is 10.9 Å². The first-order valence-electron chi connectivity index (χ1n) is 7.85. The number of nitro benzene ring substituents is 1. The molecule has 9 nitrogen and oxygen atoms in total. The van der Waals surface area contributed by atoms with Crippen molar-refractivity contribution in [1.29, 1.82) is 0 Å². The molecule has 2 aromatic carbocycles. The number of carbonyl (C=O) groups is 1. The zero-order chi connectivity index (χ0) is 19.0. The van der Waals surface area contributed by atoms with Crippen molar-refractivity contribution in [1.82, 2.24) is 4.98 Å². The fourth-order valence-corrected chi connectivity index (χ4v) is 2.71. The number of benzene rings is 2. The number of carboxylic acid groups (broad SMARTS) is 1. The number of non-ortho nitro benzene ring substituents is 1. The van der Waals surface area contributed by atoms with E-state index in [1.54, 1.807) is 12.1 Å². The number of fused-ring (bicyclic) bond motifs is 2. The normalized spacial score (nSPS) is 12.1. The number of aromatic nitrogens is 1. The summed E-state index contributed by atoms with van der Waals surface area (Å²) in [6.07, 6.45) is 0. The molecule has 2 heterocycles. The molecular weight excluding hydrogens is 356 g/mol. The highest BCUT2D eigenvalue weighted by molar-refractivity contribution is 5.95. The summed E-state index contributed by atoms with van der Waals surface area (Å²) in [4.78, 5) is 26.2. The standard InChI is InChI=1S/C18H12N2O7/c21-18(22)13-5-10-6-16-17(27-9-26-16)7-14(10)19-15(13)8-25-12-3-1-11(2-4-12)20(23)24/h1-7H,8-9H2,(H,21,22). The Morgan fingerprint density at radius 1 is 1.19 bits per heavy atom. The number of rotatable bonds is 5. The molecule has 0 fully saturated rings. The van der Waals surface area contributed by atoms with E-state index in [9.17, 15) is 20.0 Å². The predicted molar refractivity (Wildman–Crippen MR) is 92.3 cm³/mol. The maximum Gasteiger partial charge on any atom is 0.337 e. The second kappa shape index (κ2) is 6.45. The molecule has 0 spiro atoms. The van der Waals surface area contributed by atoms with E-state index in [1.165, 1.54) is 30.3 Å². The van der Waals surface area contributed by atoms with Gasteiger partial charge >= 0.3 is 5.97 Å². The van der Waals surface area contributed by atoms with Crippen molar-refractivity contribution in [3.05, 3.63) is 63.8 Å². The third kappa shape index (κ3) is 3.17. The Bertz CT molecular complexity index is 1060. The molecule has 0 atom stereocenters. The molecule has 0 radical (unpaired) electrons. The quantitative estimate of drug-likeness (QED) is 0.538. The van der Waals surface area contributed by atoms with Gasteiger partial charge in [0.15, 0.2) is 11.5 Å². The number of nitro groups is 1. The molecule has 0 aliphatic carbocycles. The lowest BCUT2D eigenvalue weighted by Gasteiger charge is -2.10. The molecule has 0 bridgehead atoms. The average Bonchev–Trinajstić information content (AvgIpc) is 3.11. The van der Waals surface area contributed by atoms with Gasteiger partial charge in [-0.2, -0.15) is 0 Å². The molecule has 1 aliphatic heterocycles. The van der Waals surface area contributed by atoms with E-state index in [0.717, 1.165) is 0 Å². The molecule has 27 heavy (non-hydrogen) atoms. The molecule has 1 N–H and O–H groups in total. The van der Waals surface area contributed by atoms with Crippen molar-refractivity contribution in [2.75, 3.05) is 6.79 Å². The fourth-order valence-electron chi connectivity index (χ4n) is 2.71. The summed E-state index contributed by atoms with van der Waals surface area (Å²) in [6, 6.07) is 10.4. The van der Waals surface area contributed by atoms with Gasteiger partial charge in [0.2, 0.25) is 6.79 Å². The van der Waals surface area contributed by atoms with Crippen LogP contribution in [-0.2, 0) is 6.61 Å². The zero-order valence-corrected chi connectivity index (χ0v) is 13.7. The van der Waals surface area contributed by atoms with Crippen LogP contribution in [0.5, 0.6) is 17.2 Å². The van der Waals surface area contributed by atoms with Crippen LogP contribution in [0.2, 0.25) is 0 Å². The molecule has 0 amide bonds. The number of pyridine rings is 1. The minimum Gasteiger partial charge on any atom is -0.487 e. The average molecular weight is 368 g/mol. The van der Waals surface area contributed by atoms with Crippen LogP contribution in [0.3, 0.4) is 0 Å². The third-order valence-corrected chi connectivity index (χ3v) is 4.04. The highest BCUT2D eigenvalue weighted by Gasteiger charge is 2.19. The van der Waals surface area contributed by atoms with Crippen molar-refractivity contribution < 1.29 is 29.0 Å². The Morgan fingerprint density at radius 3 is 2.56 bits per heavy atom. The summed E-state index contributed by atoms with van der Waals surface area (Å²) in [7, 11) is 0. The Hall–Kier alpha value is -3.88. The molecule has 3 aromatic rings. The van der Waals surface area contributed by atoms with Crippen LogP contribution in [0.4, 0.5) is 5.69 Å². The van der Waals surface area contributed by atoms with Crippen molar-refractivity contribution in [2.45, 2.75) is 6.61 Å². The molecule has 1 aromatic heterocycles. The lowest BCUT2D eigenvalue weighted by atomic mass is 10.1. The number of hydrogen-bond acceptors (Lipinski definition) is 7. The second-order valence-corrected chi connectivity index (χ2v) is 5.73. The van der Waals surface area contributed by atoms with Crippen LogP contribution < -0.4 is 14.2 Å². The van der Waals surface area contributed by atoms with Gasteiger partial charge in [0.05, 0.1) is 21.7 Å². The number of nitrogens with zero attached hydrogens (tertiary/aromatic N) is 2. The maximum absolute atomic E-state index is 11.6. The van der Waals surface area contributed by atoms with E-state index in [0.29, 0.717) is 28.2 Å². The molecule has 0 unspecified atom stereocenters. The summed E-state index contributed by atoms with van der Waals surface area (Å²) in [5.74, 6) is 0.310. The molecule has 9 heteroatoms. The minimum absolute atomic E-state index is 0.00303. The van der Waals surface area contributed by atoms with Gasteiger partial charge in [0, 0.05) is 23.6 Å². The smallest absolute Gasteiger partial charge is 0.337 e. The van der Waals surface area contributed by atoms with Gasteiger partial charge in [-0.05, 0) is 24.3 Å². The van der Waals surface area contributed by atoms with Gasteiger partial charge < -0.3 is 19.3 Å². The van der Waals surface area contributed by atoms with Crippen molar-refractivity contribution in [2.24, 2.45) is 0 Å². The van der Waals surface area contributed by atoms with Gasteiger partial charge in [0.1, 0.15) is 12.4 Å². The molecule has 136 valence electrons. The van der Waals surface area contributed by atoms with E-state index in [1.807, 2.05) is 0 Å². The molecule has 0 saturated carbocycles. The number of hydrogen-bond donors (Lipinski definition) is 1. The van der Waals surface area contributed by atoms with Gasteiger partial charge in [-0.25, -0.2) is 9.78 Å². The maximum atomic E-state index is 11.6. The molecule has 4 rings (SSSR count). The highest BCUT2D eigenvalue weighted by Crippen LogP contribution is 2.36. The first-order chi connectivity index (χ1) is 13.0. The van der Waals surface area contributed by atoms with Crippen LogP contribution in [0, 0.1) is 10.1 Å². The lowest BCUT2D eigenvalue weighted by molar-refractivity contribution is -0.384. The van der Waals surface area contributed by atoms with E-state index in [-0.39, 0.29) is 30.3 Å². The minimum atomic E-state index is -1.13. The molecule has 1 aliphatic rings. The van der Waals surface area contributed by atoms with Crippen molar-refractivity contribution in [3.8, 4) is 17.2 Å². The van der Waals surface area contributed by atoms with Crippen LogP contribution in [0.15, 0.2) is 42.5 Å². The topological polar surface area (TPSA) is 121 Å². The van der Waals surface area contributed by atoms with Gasteiger partial charge in [-0.3, -0.25) is 10.1 Å². The van der Waals surface area contributed by atoms with Crippen LogP contribution >= 0.6 is 0 Å². The summed E-state index contributed by atoms with van der Waals surface area (Å²) in [5, 5.41) is 20.8. The van der Waals surface area contributed by atoms with Crippen molar-refractivity contribution in [3.63, 3.8) is 0 Å². The second-order valence-electron chi connectivity index (χ2n) is 5.73. The number of aromatic carboxylic acids is 1. The highest BCUT2D eigenvalue weighted by atomic mass is 16.7. The van der Waals surface area contributed by atoms with Crippen molar-refractivity contribution >= 4 is 22.6 Å². The largest absolute Gasteiger partial charge is 0.487 e. The SMILES string of the molecule is O=C(O)c1cc2cc3c(cc2nc1COc1ccc([N+](=O)[O-])cc1)OCO3. The van der Waals surface area contributed by atoms with E-state index < -0.39 is 10.9 Å². The molecule has 0 saturated heterocycles. The first kappa shape index (κ1) is 16.6. The fraction of sp³-hybridized carbons (Fsp3) is 0.111. The lowest BCUT2D eigenvalue weighted by Crippen LogP contribution is -2.08. The summed E-state index contributed by atoms with van der Waals surface area (Å²) < 4.78 is 16.2. The summed E-state index contributed by atoms with van der Waals surface area (Å²) >= 11 is 0. The van der Waals surface area contributed by atoms with E-state index in [4.69, 9.17) is 14.2 Å². The molecular formula is C18H12N2O7. The van der Waals surface area contributed by atoms with Gasteiger partial charge in [-0.1, -0.05) is 0 Å². The Kier molecular flexibility index (Phi) is 3.96. The summed E-state index contributed by atoms with van der Waals surface area (Å²) in [5.41, 5.74) is 0.718. The number of ether oxygens (including phenoxy) is 3. The van der Waals surface area contributed by atoms with E-state index >= 15 is 0 Å². The monoisotopic (exact) mass is 368 g/mol.